The quantitative estimate of drug-likeness (QED) is 0.833. The first-order chi connectivity index (χ1) is 7.73. The van der Waals surface area contributed by atoms with Crippen LogP contribution in [0.3, 0.4) is 0 Å². The van der Waals surface area contributed by atoms with Crippen molar-refractivity contribution >= 4 is 17.6 Å². The second-order valence-corrected chi connectivity index (χ2v) is 4.67. The van der Waals surface area contributed by atoms with Crippen LogP contribution < -0.4 is 5.32 Å². The number of aromatic carboxylic acids is 1. The van der Waals surface area contributed by atoms with Crippen molar-refractivity contribution in [2.75, 3.05) is 5.32 Å². The normalized spacial score (nSPS) is 11.1. The molecule has 0 spiro atoms. The first-order valence-corrected chi connectivity index (χ1v) is 5.06. The Morgan fingerprint density at radius 1 is 1.29 bits per heavy atom. The summed E-state index contributed by atoms with van der Waals surface area (Å²) in [6.07, 6.45) is 0. The molecule has 0 aliphatic carbocycles. The van der Waals surface area contributed by atoms with Crippen molar-refractivity contribution in [1.29, 1.82) is 0 Å². The van der Waals surface area contributed by atoms with Gasteiger partial charge in [-0.2, -0.15) is 0 Å². The van der Waals surface area contributed by atoms with Gasteiger partial charge in [0.15, 0.2) is 0 Å². The van der Waals surface area contributed by atoms with Gasteiger partial charge in [-0.1, -0.05) is 26.8 Å². The van der Waals surface area contributed by atoms with E-state index in [0.29, 0.717) is 0 Å². The van der Waals surface area contributed by atoms with Crippen LogP contribution in [0.5, 0.6) is 0 Å². The van der Waals surface area contributed by atoms with E-state index >= 15 is 0 Å². The number of nitrogens with one attached hydrogen (secondary N) is 1. The lowest BCUT2D eigenvalue weighted by Gasteiger charge is -2.18. The van der Waals surface area contributed by atoms with E-state index in [1.54, 1.807) is 20.8 Å². The smallest absolute Gasteiger partial charge is 0.337 e. The third kappa shape index (κ3) is 3.03. The van der Waals surface area contributed by atoms with E-state index in [0.717, 1.165) is 6.07 Å². The number of benzene rings is 1. The number of carbonyl (C=O) groups excluding carboxylic acids is 1. The summed E-state index contributed by atoms with van der Waals surface area (Å²) in [6, 6.07) is 3.62. The monoisotopic (exact) mass is 239 g/mol. The Balaban J connectivity index is 3.14. The lowest BCUT2D eigenvalue weighted by Crippen LogP contribution is -2.29. The molecule has 0 aliphatic rings. The van der Waals surface area contributed by atoms with Crippen molar-refractivity contribution in [1.82, 2.24) is 0 Å². The largest absolute Gasteiger partial charge is 0.478 e. The number of carboxylic acid groups (broad SMARTS) is 1. The molecule has 0 aliphatic heterocycles. The highest BCUT2D eigenvalue weighted by Gasteiger charge is 2.24. The zero-order chi connectivity index (χ0) is 13.2. The molecule has 1 aromatic rings. The second-order valence-electron chi connectivity index (χ2n) is 4.67. The maximum absolute atomic E-state index is 13.5. The lowest BCUT2D eigenvalue weighted by atomic mass is 9.95. The van der Waals surface area contributed by atoms with Gasteiger partial charge in [-0.25, -0.2) is 9.18 Å². The van der Waals surface area contributed by atoms with Crippen molar-refractivity contribution in [3.8, 4) is 0 Å². The number of rotatable bonds is 2. The Morgan fingerprint density at radius 2 is 1.88 bits per heavy atom. The number of para-hydroxylation sites is 1. The molecule has 17 heavy (non-hydrogen) atoms. The summed E-state index contributed by atoms with van der Waals surface area (Å²) in [5.74, 6) is -2.48. The summed E-state index contributed by atoms with van der Waals surface area (Å²) in [5.41, 5.74) is -1.28. The Labute approximate surface area is 98.5 Å². The van der Waals surface area contributed by atoms with Crippen molar-refractivity contribution in [2.24, 2.45) is 5.41 Å². The lowest BCUT2D eigenvalue weighted by molar-refractivity contribution is -0.123. The van der Waals surface area contributed by atoms with Gasteiger partial charge in [-0.15, -0.1) is 0 Å². The Hall–Kier alpha value is -1.91. The van der Waals surface area contributed by atoms with Gasteiger partial charge in [0.25, 0.3) is 0 Å². The highest BCUT2D eigenvalue weighted by Crippen LogP contribution is 2.23. The molecule has 1 amide bonds. The minimum atomic E-state index is -1.28. The molecule has 5 heteroatoms. The summed E-state index contributed by atoms with van der Waals surface area (Å²) >= 11 is 0. The first kappa shape index (κ1) is 13.2. The SMILES string of the molecule is CC(C)(C)C(=O)Nc1c(F)cccc1C(=O)O. The number of carbonyl (C=O) groups is 2. The number of carboxylic acids is 1. The van der Waals surface area contributed by atoms with Gasteiger partial charge in [-0.05, 0) is 12.1 Å². The standard InChI is InChI=1S/C12H14FNO3/c1-12(2,3)11(17)14-9-7(10(15)16)5-4-6-8(9)13/h4-6H,1-3H3,(H,14,17)(H,15,16). The van der Waals surface area contributed by atoms with Crippen LogP contribution in [0.25, 0.3) is 0 Å². The molecule has 0 atom stereocenters. The van der Waals surface area contributed by atoms with Gasteiger partial charge in [0.05, 0.1) is 11.3 Å². The molecule has 92 valence electrons. The average Bonchev–Trinajstić information content (AvgIpc) is 2.18. The summed E-state index contributed by atoms with van der Waals surface area (Å²) in [4.78, 5) is 22.6. The molecular formula is C12H14FNO3. The van der Waals surface area contributed by atoms with Crippen molar-refractivity contribution in [2.45, 2.75) is 20.8 Å². The number of anilines is 1. The molecule has 0 aromatic heterocycles. The fraction of sp³-hybridized carbons (Fsp3) is 0.333. The molecule has 0 fully saturated rings. The van der Waals surface area contributed by atoms with Crippen molar-refractivity contribution in [3.63, 3.8) is 0 Å². The molecule has 0 radical (unpaired) electrons. The van der Waals surface area contributed by atoms with E-state index in [1.165, 1.54) is 12.1 Å². The fourth-order valence-electron chi connectivity index (χ4n) is 1.13. The minimum absolute atomic E-state index is 0.261. The molecule has 0 saturated heterocycles. The molecular weight excluding hydrogens is 225 g/mol. The van der Waals surface area contributed by atoms with Gasteiger partial charge < -0.3 is 10.4 Å². The Bertz CT molecular complexity index is 463. The highest BCUT2D eigenvalue weighted by atomic mass is 19.1. The minimum Gasteiger partial charge on any atom is -0.478 e. The average molecular weight is 239 g/mol. The molecule has 4 nitrogen and oxygen atoms in total. The van der Waals surface area contributed by atoms with E-state index in [9.17, 15) is 14.0 Å². The Morgan fingerprint density at radius 3 is 2.35 bits per heavy atom. The molecule has 2 N–H and O–H groups in total. The molecule has 0 heterocycles. The second kappa shape index (κ2) is 4.53. The predicted molar refractivity (Wildman–Crippen MR) is 61.4 cm³/mol. The highest BCUT2D eigenvalue weighted by molar-refractivity contribution is 6.02. The fourth-order valence-corrected chi connectivity index (χ4v) is 1.13. The zero-order valence-corrected chi connectivity index (χ0v) is 9.87. The number of halogens is 1. The van der Waals surface area contributed by atoms with Gasteiger partial charge in [0.2, 0.25) is 5.91 Å². The van der Waals surface area contributed by atoms with E-state index in [2.05, 4.69) is 5.32 Å². The predicted octanol–water partition coefficient (Wildman–Crippen LogP) is 2.51. The third-order valence-corrected chi connectivity index (χ3v) is 2.16. The van der Waals surface area contributed by atoms with Gasteiger partial charge in [0, 0.05) is 5.41 Å². The Kier molecular flexibility index (Phi) is 3.50. The summed E-state index contributed by atoms with van der Waals surface area (Å²) in [6.45, 7) is 4.97. The van der Waals surface area contributed by atoms with Gasteiger partial charge in [-0.3, -0.25) is 4.79 Å². The third-order valence-electron chi connectivity index (χ3n) is 2.16. The van der Waals surface area contributed by atoms with Crippen molar-refractivity contribution in [3.05, 3.63) is 29.6 Å². The van der Waals surface area contributed by atoms with Gasteiger partial charge in [0.1, 0.15) is 5.82 Å². The molecule has 0 saturated carbocycles. The molecule has 0 unspecified atom stereocenters. The van der Waals surface area contributed by atoms with Crippen LogP contribution in [0.4, 0.5) is 10.1 Å². The first-order valence-electron chi connectivity index (χ1n) is 5.06. The van der Waals surface area contributed by atoms with E-state index < -0.39 is 23.1 Å². The molecule has 1 rings (SSSR count). The van der Waals surface area contributed by atoms with Crippen LogP contribution >= 0.6 is 0 Å². The van der Waals surface area contributed by atoms with Crippen LogP contribution in [-0.4, -0.2) is 17.0 Å². The summed E-state index contributed by atoms with van der Waals surface area (Å²) in [7, 11) is 0. The molecule has 0 bridgehead atoms. The van der Waals surface area contributed by atoms with Crippen LogP contribution in [0.1, 0.15) is 31.1 Å². The summed E-state index contributed by atoms with van der Waals surface area (Å²) in [5, 5.41) is 11.2. The number of hydrogen-bond donors (Lipinski definition) is 2. The number of hydrogen-bond acceptors (Lipinski definition) is 2. The molecule has 1 aromatic carbocycles. The van der Waals surface area contributed by atoms with E-state index in [1.807, 2.05) is 0 Å². The van der Waals surface area contributed by atoms with Crippen LogP contribution in [0.15, 0.2) is 18.2 Å². The topological polar surface area (TPSA) is 66.4 Å². The zero-order valence-electron chi connectivity index (χ0n) is 9.87. The number of amides is 1. The maximum Gasteiger partial charge on any atom is 0.337 e. The van der Waals surface area contributed by atoms with Crippen LogP contribution in [-0.2, 0) is 4.79 Å². The van der Waals surface area contributed by atoms with Crippen LogP contribution in [0, 0.1) is 11.2 Å². The van der Waals surface area contributed by atoms with E-state index in [-0.39, 0.29) is 11.3 Å². The maximum atomic E-state index is 13.5. The summed E-state index contributed by atoms with van der Waals surface area (Å²) < 4.78 is 13.5. The van der Waals surface area contributed by atoms with E-state index in [4.69, 9.17) is 5.11 Å². The van der Waals surface area contributed by atoms with Crippen LogP contribution in [0.2, 0.25) is 0 Å². The van der Waals surface area contributed by atoms with Gasteiger partial charge >= 0.3 is 5.97 Å². The van der Waals surface area contributed by atoms with Crippen molar-refractivity contribution < 1.29 is 19.1 Å².